The summed E-state index contributed by atoms with van der Waals surface area (Å²) in [5.41, 5.74) is 1.18. The Kier molecular flexibility index (Phi) is 4.79. The van der Waals surface area contributed by atoms with Crippen LogP contribution in [0.1, 0.15) is 9.88 Å². The number of pyridine rings is 1. The average molecular weight is 412 g/mol. The van der Waals surface area contributed by atoms with Gasteiger partial charge in [-0.3, -0.25) is 14.6 Å². The molecule has 118 valence electrons. The van der Waals surface area contributed by atoms with E-state index in [1.54, 1.807) is 18.3 Å². The van der Waals surface area contributed by atoms with Gasteiger partial charge in [-0.2, -0.15) is 0 Å². The Morgan fingerprint density at radius 1 is 1.48 bits per heavy atom. The van der Waals surface area contributed by atoms with Gasteiger partial charge in [0.1, 0.15) is 10.7 Å². The second-order valence-electron chi connectivity index (χ2n) is 4.60. The van der Waals surface area contributed by atoms with Gasteiger partial charge in [0.05, 0.1) is 22.9 Å². The minimum Gasteiger partial charge on any atom is -0.481 e. The monoisotopic (exact) mass is 411 g/mol. The van der Waals surface area contributed by atoms with Crippen LogP contribution in [0.25, 0.3) is 17.5 Å². The molecule has 0 saturated carbocycles. The summed E-state index contributed by atoms with van der Waals surface area (Å²) in [6.45, 7) is 0. The van der Waals surface area contributed by atoms with E-state index in [1.165, 1.54) is 23.1 Å². The van der Waals surface area contributed by atoms with Crippen LogP contribution in [0.2, 0.25) is 0 Å². The van der Waals surface area contributed by atoms with E-state index in [4.69, 9.17) is 5.11 Å². The van der Waals surface area contributed by atoms with Gasteiger partial charge in [-0.05, 0) is 28.1 Å². The highest BCUT2D eigenvalue weighted by atomic mass is 79.9. The quantitative estimate of drug-likeness (QED) is 0.803. The molecule has 0 bridgehead atoms. The third-order valence-electron chi connectivity index (χ3n) is 2.87. The van der Waals surface area contributed by atoms with Crippen molar-refractivity contribution in [1.29, 1.82) is 0 Å². The predicted molar refractivity (Wildman–Crippen MR) is 93.0 cm³/mol. The summed E-state index contributed by atoms with van der Waals surface area (Å²) in [4.78, 5) is 31.7. The van der Waals surface area contributed by atoms with E-state index in [1.807, 2.05) is 6.07 Å². The number of carbonyl (C=O) groups is 2. The number of nitrogens with zero attached hydrogens (tertiary/aromatic N) is 2. The zero-order valence-electron chi connectivity index (χ0n) is 11.6. The maximum Gasteiger partial charge on any atom is 0.308 e. The highest BCUT2D eigenvalue weighted by molar-refractivity contribution is 9.10. The fraction of sp³-hybridized carbons (Fsp3) is 0.143. The molecule has 9 heteroatoms. The maximum atomic E-state index is 11.2. The van der Waals surface area contributed by atoms with Crippen molar-refractivity contribution in [2.45, 2.75) is 6.42 Å². The standard InChI is InChI=1S/C14H10BrN3O3S2/c15-7-1-2-8(16-5-7)14-9(3-13(20)21)23-12(18-14)4-11-17-10(19)6-22-11/h1-2,4-5H,3,6H2,(H,17,19)(H,20,21)/b11-4+. The number of hydrogen-bond donors (Lipinski definition) is 2. The van der Waals surface area contributed by atoms with Crippen LogP contribution in [0, 0.1) is 0 Å². The Hall–Kier alpha value is -1.71. The van der Waals surface area contributed by atoms with Gasteiger partial charge >= 0.3 is 5.97 Å². The van der Waals surface area contributed by atoms with E-state index in [9.17, 15) is 9.59 Å². The number of nitrogens with one attached hydrogen (secondary N) is 1. The molecule has 1 aliphatic rings. The third-order valence-corrected chi connectivity index (χ3v) is 5.28. The van der Waals surface area contributed by atoms with Crippen molar-refractivity contribution >= 4 is 57.0 Å². The van der Waals surface area contributed by atoms with Crippen LogP contribution < -0.4 is 5.32 Å². The molecule has 1 aliphatic heterocycles. The van der Waals surface area contributed by atoms with Crippen molar-refractivity contribution in [3.05, 3.63) is 37.7 Å². The van der Waals surface area contributed by atoms with Gasteiger partial charge in [0, 0.05) is 21.6 Å². The van der Waals surface area contributed by atoms with E-state index >= 15 is 0 Å². The Morgan fingerprint density at radius 2 is 2.30 bits per heavy atom. The molecule has 1 fully saturated rings. The molecular weight excluding hydrogens is 402 g/mol. The number of carboxylic acids is 1. The molecule has 0 radical (unpaired) electrons. The van der Waals surface area contributed by atoms with Crippen molar-refractivity contribution in [3.8, 4) is 11.4 Å². The number of aliphatic carboxylic acids is 1. The normalized spacial score (nSPS) is 15.9. The molecule has 1 amide bonds. The van der Waals surface area contributed by atoms with Crippen LogP contribution in [-0.4, -0.2) is 32.7 Å². The lowest BCUT2D eigenvalue weighted by molar-refractivity contribution is -0.136. The SMILES string of the molecule is O=C(O)Cc1sc(/C=C2\NC(=O)CS2)nc1-c1ccc(Br)cn1. The predicted octanol–water partition coefficient (Wildman–Crippen LogP) is 2.76. The minimum atomic E-state index is -0.922. The summed E-state index contributed by atoms with van der Waals surface area (Å²) in [6.07, 6.45) is 3.28. The Balaban J connectivity index is 1.98. The van der Waals surface area contributed by atoms with Crippen molar-refractivity contribution in [3.63, 3.8) is 0 Å². The number of carbonyl (C=O) groups excluding carboxylic acids is 1. The van der Waals surface area contributed by atoms with Crippen LogP contribution in [0.5, 0.6) is 0 Å². The van der Waals surface area contributed by atoms with Crippen molar-refractivity contribution in [1.82, 2.24) is 15.3 Å². The lowest BCUT2D eigenvalue weighted by atomic mass is 10.2. The Morgan fingerprint density at radius 3 is 2.91 bits per heavy atom. The molecule has 0 aromatic carbocycles. The number of amides is 1. The first kappa shape index (κ1) is 16.2. The fourth-order valence-corrected chi connectivity index (χ4v) is 4.01. The van der Waals surface area contributed by atoms with E-state index in [0.29, 0.717) is 27.0 Å². The molecule has 0 spiro atoms. The highest BCUT2D eigenvalue weighted by Crippen LogP contribution is 2.31. The first-order valence-electron chi connectivity index (χ1n) is 6.49. The number of carboxylic acid groups (broad SMARTS) is 1. The molecular formula is C14H10BrN3O3S2. The zero-order chi connectivity index (χ0) is 16.4. The number of aromatic nitrogens is 2. The van der Waals surface area contributed by atoms with E-state index in [-0.39, 0.29) is 12.3 Å². The lowest BCUT2D eigenvalue weighted by Gasteiger charge is -1.99. The molecule has 2 aromatic heterocycles. The van der Waals surface area contributed by atoms with Crippen LogP contribution in [0.15, 0.2) is 27.8 Å². The molecule has 0 aliphatic carbocycles. The number of hydrogen-bond acceptors (Lipinski definition) is 6. The molecule has 23 heavy (non-hydrogen) atoms. The summed E-state index contributed by atoms with van der Waals surface area (Å²) in [7, 11) is 0. The van der Waals surface area contributed by atoms with Crippen LogP contribution in [0.4, 0.5) is 0 Å². The molecule has 3 heterocycles. The topological polar surface area (TPSA) is 92.2 Å². The average Bonchev–Trinajstić information content (AvgIpc) is 3.06. The molecule has 3 rings (SSSR count). The minimum absolute atomic E-state index is 0.0432. The van der Waals surface area contributed by atoms with Crippen molar-refractivity contribution < 1.29 is 14.7 Å². The van der Waals surface area contributed by atoms with Crippen LogP contribution in [-0.2, 0) is 16.0 Å². The largest absolute Gasteiger partial charge is 0.481 e. The van der Waals surface area contributed by atoms with Gasteiger partial charge in [-0.25, -0.2) is 4.98 Å². The molecule has 1 saturated heterocycles. The number of rotatable bonds is 4. The van der Waals surface area contributed by atoms with Gasteiger partial charge < -0.3 is 10.4 Å². The first-order valence-corrected chi connectivity index (χ1v) is 9.08. The Bertz CT molecular complexity index is 802. The lowest BCUT2D eigenvalue weighted by Crippen LogP contribution is -2.13. The number of thioether (sulfide) groups is 1. The highest BCUT2D eigenvalue weighted by Gasteiger charge is 2.19. The fourth-order valence-electron chi connectivity index (χ4n) is 1.95. The zero-order valence-corrected chi connectivity index (χ0v) is 14.8. The van der Waals surface area contributed by atoms with Gasteiger partial charge in [-0.1, -0.05) is 11.8 Å². The summed E-state index contributed by atoms with van der Waals surface area (Å²) < 4.78 is 0.837. The first-order chi connectivity index (χ1) is 11.0. The third kappa shape index (κ3) is 3.98. The second-order valence-corrected chi connectivity index (χ2v) is 7.65. The summed E-state index contributed by atoms with van der Waals surface area (Å²) in [5.74, 6) is -0.575. The van der Waals surface area contributed by atoms with E-state index in [2.05, 4.69) is 31.2 Å². The second kappa shape index (κ2) is 6.81. The van der Waals surface area contributed by atoms with Gasteiger partial charge in [0.15, 0.2) is 0 Å². The van der Waals surface area contributed by atoms with E-state index in [0.717, 1.165) is 9.50 Å². The van der Waals surface area contributed by atoms with Crippen LogP contribution >= 0.6 is 39.0 Å². The van der Waals surface area contributed by atoms with Crippen LogP contribution in [0.3, 0.4) is 0 Å². The summed E-state index contributed by atoms with van der Waals surface area (Å²) >= 11 is 6.01. The van der Waals surface area contributed by atoms with Gasteiger partial charge in [0.2, 0.25) is 5.91 Å². The number of halogens is 1. The number of thiazole rings is 1. The van der Waals surface area contributed by atoms with Gasteiger partial charge in [0.25, 0.3) is 0 Å². The van der Waals surface area contributed by atoms with Crippen molar-refractivity contribution in [2.24, 2.45) is 0 Å². The Labute approximate surface area is 148 Å². The molecule has 2 N–H and O–H groups in total. The molecule has 6 nitrogen and oxygen atoms in total. The molecule has 2 aromatic rings. The smallest absolute Gasteiger partial charge is 0.308 e. The summed E-state index contributed by atoms with van der Waals surface area (Å²) in [6, 6.07) is 3.62. The molecule has 0 unspecified atom stereocenters. The van der Waals surface area contributed by atoms with Crippen molar-refractivity contribution in [2.75, 3.05) is 5.75 Å². The van der Waals surface area contributed by atoms with Gasteiger partial charge in [-0.15, -0.1) is 11.3 Å². The van der Waals surface area contributed by atoms with E-state index < -0.39 is 5.97 Å². The maximum absolute atomic E-state index is 11.2. The summed E-state index contributed by atoms with van der Waals surface area (Å²) in [5, 5.41) is 13.2. The molecule has 0 atom stereocenters.